The zero-order valence-electron chi connectivity index (χ0n) is 11.0. The van der Waals surface area contributed by atoms with Crippen LogP contribution < -0.4 is 11.1 Å². The van der Waals surface area contributed by atoms with Gasteiger partial charge >= 0.3 is 0 Å². The van der Waals surface area contributed by atoms with Crippen LogP contribution in [0.3, 0.4) is 0 Å². The first-order valence-corrected chi connectivity index (χ1v) is 5.98. The van der Waals surface area contributed by atoms with Crippen LogP contribution >= 0.6 is 0 Å². The van der Waals surface area contributed by atoms with Crippen LogP contribution in [-0.4, -0.2) is 22.0 Å². The van der Waals surface area contributed by atoms with Gasteiger partial charge in [-0.3, -0.25) is 4.79 Å². The molecule has 0 aliphatic heterocycles. The van der Waals surface area contributed by atoms with Crippen LogP contribution in [0.15, 0.2) is 12.5 Å². The molecule has 2 atom stereocenters. The van der Waals surface area contributed by atoms with E-state index in [2.05, 4.69) is 24.1 Å². The summed E-state index contributed by atoms with van der Waals surface area (Å²) < 4.78 is 1.82. The van der Waals surface area contributed by atoms with Gasteiger partial charge in [-0.2, -0.15) is 0 Å². The van der Waals surface area contributed by atoms with Gasteiger partial charge in [-0.1, -0.05) is 13.8 Å². The molecule has 1 aromatic rings. The van der Waals surface area contributed by atoms with Crippen molar-refractivity contribution in [2.24, 2.45) is 11.7 Å². The second-order valence-electron chi connectivity index (χ2n) is 4.83. The van der Waals surface area contributed by atoms with E-state index in [-0.39, 0.29) is 18.0 Å². The van der Waals surface area contributed by atoms with E-state index in [4.69, 9.17) is 5.73 Å². The fraction of sp³-hybridized carbons (Fsp3) is 0.667. The molecule has 0 fully saturated rings. The van der Waals surface area contributed by atoms with Crippen LogP contribution in [0.5, 0.6) is 0 Å². The molecule has 0 spiro atoms. The number of carbonyl (C=O) groups is 1. The third-order valence-electron chi connectivity index (χ3n) is 2.64. The molecule has 0 saturated heterocycles. The lowest BCUT2D eigenvalue weighted by molar-refractivity contribution is -0.124. The van der Waals surface area contributed by atoms with Crippen molar-refractivity contribution in [3.8, 4) is 0 Å². The van der Waals surface area contributed by atoms with E-state index in [0.29, 0.717) is 12.5 Å². The van der Waals surface area contributed by atoms with Gasteiger partial charge < -0.3 is 15.6 Å². The molecule has 3 N–H and O–H groups in total. The molecular weight excluding hydrogens is 216 g/mol. The zero-order valence-corrected chi connectivity index (χ0v) is 11.0. The summed E-state index contributed by atoms with van der Waals surface area (Å²) in [6.07, 6.45) is 3.36. The van der Waals surface area contributed by atoms with Crippen molar-refractivity contribution in [1.82, 2.24) is 14.9 Å². The second-order valence-corrected chi connectivity index (χ2v) is 4.83. The van der Waals surface area contributed by atoms with E-state index < -0.39 is 0 Å². The molecule has 0 aromatic carbocycles. The highest BCUT2D eigenvalue weighted by atomic mass is 16.2. The van der Waals surface area contributed by atoms with Gasteiger partial charge in [0.05, 0.1) is 12.0 Å². The Morgan fingerprint density at radius 3 is 2.65 bits per heavy atom. The largest absolute Gasteiger partial charge is 0.354 e. The third kappa shape index (κ3) is 3.56. The molecule has 1 aromatic heterocycles. The Labute approximate surface area is 102 Å². The Morgan fingerprint density at radius 2 is 2.12 bits per heavy atom. The standard InChI is InChI=1S/C12H22N4O/c1-8(2)5-15-12(17)10(4)16-7-14-6-11(16)9(3)13/h6-10H,5,13H2,1-4H3,(H,15,17)/t9-,10?/m0/s1. The Morgan fingerprint density at radius 1 is 1.47 bits per heavy atom. The Hall–Kier alpha value is -1.36. The molecule has 0 radical (unpaired) electrons. The molecule has 0 aliphatic rings. The van der Waals surface area contributed by atoms with Crippen LogP contribution in [0.25, 0.3) is 0 Å². The van der Waals surface area contributed by atoms with Crippen LogP contribution in [0.1, 0.15) is 45.5 Å². The molecule has 5 nitrogen and oxygen atoms in total. The van der Waals surface area contributed by atoms with Gasteiger partial charge in [0.25, 0.3) is 0 Å². The molecule has 1 unspecified atom stereocenters. The molecule has 1 amide bonds. The van der Waals surface area contributed by atoms with Gasteiger partial charge in [0.1, 0.15) is 6.04 Å². The highest BCUT2D eigenvalue weighted by molar-refractivity contribution is 5.79. The van der Waals surface area contributed by atoms with Gasteiger partial charge in [-0.25, -0.2) is 4.98 Å². The number of rotatable bonds is 5. The highest BCUT2D eigenvalue weighted by Gasteiger charge is 2.18. The lowest BCUT2D eigenvalue weighted by atomic mass is 10.2. The maximum Gasteiger partial charge on any atom is 0.242 e. The first-order chi connectivity index (χ1) is 7.93. The minimum absolute atomic E-state index is 0.00130. The number of nitrogens with zero attached hydrogens (tertiary/aromatic N) is 2. The van der Waals surface area contributed by atoms with Crippen LogP contribution in [0.2, 0.25) is 0 Å². The van der Waals surface area contributed by atoms with Crippen molar-refractivity contribution < 1.29 is 4.79 Å². The summed E-state index contributed by atoms with van der Waals surface area (Å²) in [7, 11) is 0. The average Bonchev–Trinajstić information content (AvgIpc) is 2.73. The van der Waals surface area contributed by atoms with Crippen molar-refractivity contribution >= 4 is 5.91 Å². The predicted molar refractivity (Wildman–Crippen MR) is 67.4 cm³/mol. The first kappa shape index (κ1) is 13.7. The number of hydrogen-bond acceptors (Lipinski definition) is 3. The lowest BCUT2D eigenvalue weighted by Gasteiger charge is -2.18. The average molecular weight is 238 g/mol. The minimum Gasteiger partial charge on any atom is -0.354 e. The molecular formula is C12H22N4O. The van der Waals surface area contributed by atoms with Gasteiger partial charge in [-0.15, -0.1) is 0 Å². The number of nitrogens with one attached hydrogen (secondary N) is 1. The van der Waals surface area contributed by atoms with E-state index in [1.165, 1.54) is 0 Å². The van der Waals surface area contributed by atoms with Gasteiger partial charge in [0.2, 0.25) is 5.91 Å². The molecule has 0 saturated carbocycles. The SMILES string of the molecule is CC(C)CNC(=O)C(C)n1cncc1[C@H](C)N. The van der Waals surface area contributed by atoms with E-state index in [1.54, 1.807) is 12.5 Å². The van der Waals surface area contributed by atoms with E-state index in [1.807, 2.05) is 18.4 Å². The summed E-state index contributed by atoms with van der Waals surface area (Å²) in [6, 6.07) is -0.407. The second kappa shape index (κ2) is 5.82. The number of aromatic nitrogens is 2. The fourth-order valence-corrected chi connectivity index (χ4v) is 1.57. The summed E-state index contributed by atoms with van der Waals surface area (Å²) in [6.45, 7) is 8.55. The zero-order chi connectivity index (χ0) is 13.0. The summed E-state index contributed by atoms with van der Waals surface area (Å²) in [5, 5.41) is 2.91. The number of carbonyl (C=O) groups excluding carboxylic acids is 1. The van der Waals surface area contributed by atoms with E-state index in [0.717, 1.165) is 5.69 Å². The predicted octanol–water partition coefficient (Wildman–Crippen LogP) is 1.24. The summed E-state index contributed by atoms with van der Waals surface area (Å²) in [4.78, 5) is 16.0. The molecule has 96 valence electrons. The normalized spacial score (nSPS) is 14.7. The maximum absolute atomic E-state index is 11.9. The van der Waals surface area contributed by atoms with Gasteiger partial charge in [0.15, 0.2) is 0 Å². The Balaban J connectivity index is 2.71. The van der Waals surface area contributed by atoms with E-state index >= 15 is 0 Å². The molecule has 5 heteroatoms. The third-order valence-corrected chi connectivity index (χ3v) is 2.64. The Bertz CT molecular complexity index is 370. The smallest absolute Gasteiger partial charge is 0.242 e. The minimum atomic E-state index is -0.280. The van der Waals surface area contributed by atoms with Crippen LogP contribution in [-0.2, 0) is 4.79 Å². The van der Waals surface area contributed by atoms with Crippen molar-refractivity contribution in [2.75, 3.05) is 6.54 Å². The number of amides is 1. The first-order valence-electron chi connectivity index (χ1n) is 5.98. The number of imidazole rings is 1. The summed E-state index contributed by atoms with van der Waals surface area (Å²) in [5.74, 6) is 0.445. The van der Waals surface area contributed by atoms with Crippen molar-refractivity contribution in [1.29, 1.82) is 0 Å². The van der Waals surface area contributed by atoms with Crippen molar-refractivity contribution in [3.63, 3.8) is 0 Å². The maximum atomic E-state index is 11.9. The number of hydrogen-bond donors (Lipinski definition) is 2. The highest BCUT2D eigenvalue weighted by Crippen LogP contribution is 2.15. The summed E-state index contributed by atoms with van der Waals surface area (Å²) >= 11 is 0. The van der Waals surface area contributed by atoms with Gasteiger partial charge in [-0.05, 0) is 19.8 Å². The fourth-order valence-electron chi connectivity index (χ4n) is 1.57. The molecule has 1 rings (SSSR count). The summed E-state index contributed by atoms with van der Waals surface area (Å²) in [5.41, 5.74) is 6.70. The molecule has 0 bridgehead atoms. The molecule has 0 aliphatic carbocycles. The van der Waals surface area contributed by atoms with Crippen molar-refractivity contribution in [2.45, 2.75) is 39.8 Å². The number of nitrogens with two attached hydrogens (primary N) is 1. The monoisotopic (exact) mass is 238 g/mol. The van der Waals surface area contributed by atoms with Crippen LogP contribution in [0.4, 0.5) is 0 Å². The van der Waals surface area contributed by atoms with Crippen LogP contribution in [0, 0.1) is 5.92 Å². The molecule has 1 heterocycles. The topological polar surface area (TPSA) is 72.9 Å². The lowest BCUT2D eigenvalue weighted by Crippen LogP contribution is -2.34. The Kier molecular flexibility index (Phi) is 4.69. The quantitative estimate of drug-likeness (QED) is 0.810. The van der Waals surface area contributed by atoms with Gasteiger partial charge in [0, 0.05) is 18.8 Å². The van der Waals surface area contributed by atoms with Crippen molar-refractivity contribution in [3.05, 3.63) is 18.2 Å². The molecule has 17 heavy (non-hydrogen) atoms. The van der Waals surface area contributed by atoms with E-state index in [9.17, 15) is 4.79 Å².